The van der Waals surface area contributed by atoms with Gasteiger partial charge >= 0.3 is 0 Å². The number of aryl methyl sites for hydroxylation is 1. The van der Waals surface area contributed by atoms with Crippen LogP contribution in [-0.2, 0) is 12.8 Å². The Morgan fingerprint density at radius 2 is 2.09 bits per heavy atom. The van der Waals surface area contributed by atoms with E-state index in [-0.39, 0.29) is 17.1 Å². The second-order valence-corrected chi connectivity index (χ2v) is 8.76. The third-order valence-corrected chi connectivity index (χ3v) is 6.45. The van der Waals surface area contributed by atoms with Crippen molar-refractivity contribution in [2.45, 2.75) is 19.8 Å². The second-order valence-electron chi connectivity index (χ2n) is 7.84. The highest BCUT2D eigenvalue weighted by Gasteiger charge is 2.29. The number of anilines is 1. The number of nitrogens with one attached hydrogen (secondary N) is 1. The maximum Gasteiger partial charge on any atom is 0.294 e. The Labute approximate surface area is 190 Å². The Hall–Kier alpha value is -3.59. The van der Waals surface area contributed by atoms with Gasteiger partial charge in [0.25, 0.3) is 11.5 Å². The number of aromatic amines is 1. The van der Waals surface area contributed by atoms with E-state index in [0.717, 1.165) is 33.1 Å². The van der Waals surface area contributed by atoms with E-state index in [9.17, 15) is 9.59 Å². The smallest absolute Gasteiger partial charge is 0.294 e. The highest BCUT2D eigenvalue weighted by atomic mass is 79.9. The first kappa shape index (κ1) is 19.1. The summed E-state index contributed by atoms with van der Waals surface area (Å²) in [5.41, 5.74) is 4.61. The van der Waals surface area contributed by atoms with Crippen molar-refractivity contribution in [3.63, 3.8) is 0 Å². The zero-order valence-electron chi connectivity index (χ0n) is 17.1. The average molecular weight is 489 g/mol. The van der Waals surface area contributed by atoms with Gasteiger partial charge < -0.3 is 4.98 Å². The van der Waals surface area contributed by atoms with E-state index in [4.69, 9.17) is 0 Å². The second kappa shape index (κ2) is 6.96. The van der Waals surface area contributed by atoms with Crippen LogP contribution in [0.15, 0.2) is 51.9 Å². The van der Waals surface area contributed by atoms with Crippen molar-refractivity contribution >= 4 is 49.9 Å². The number of carbonyl (C=O) groups is 1. The molecule has 9 heteroatoms. The van der Waals surface area contributed by atoms with Crippen LogP contribution in [0.2, 0.25) is 0 Å². The van der Waals surface area contributed by atoms with Gasteiger partial charge in [-0.3, -0.25) is 18.9 Å². The third-order valence-electron chi connectivity index (χ3n) is 6.01. The number of fused-ring (bicyclic) bond motifs is 4. The third kappa shape index (κ3) is 2.70. The van der Waals surface area contributed by atoms with Crippen LogP contribution in [0, 0.1) is 0 Å². The van der Waals surface area contributed by atoms with Gasteiger partial charge in [0.05, 0.1) is 11.0 Å². The summed E-state index contributed by atoms with van der Waals surface area (Å²) >= 11 is 3.44. The van der Waals surface area contributed by atoms with Crippen molar-refractivity contribution in [3.8, 4) is 0 Å². The quantitative estimate of drug-likeness (QED) is 0.476. The van der Waals surface area contributed by atoms with Crippen LogP contribution in [0.3, 0.4) is 0 Å². The van der Waals surface area contributed by atoms with E-state index in [1.807, 2.05) is 37.3 Å². The summed E-state index contributed by atoms with van der Waals surface area (Å²) in [5.74, 6) is 1.18. The predicted molar refractivity (Wildman–Crippen MR) is 125 cm³/mol. The summed E-state index contributed by atoms with van der Waals surface area (Å²) in [7, 11) is 0. The van der Waals surface area contributed by atoms with Gasteiger partial charge in [0.2, 0.25) is 5.65 Å². The lowest BCUT2D eigenvalue weighted by atomic mass is 10.0. The monoisotopic (exact) mass is 488 g/mol. The van der Waals surface area contributed by atoms with Crippen molar-refractivity contribution in [1.29, 1.82) is 0 Å². The number of nitrogens with zero attached hydrogens (tertiary/aromatic N) is 5. The number of carbonyl (C=O) groups excluding carboxylic acids is 1. The molecular weight excluding hydrogens is 472 g/mol. The molecule has 3 aromatic heterocycles. The molecule has 0 radical (unpaired) electrons. The SMILES string of the molecule is CCc1cc2c(cc1C(=O)N1CCc3cc(Br)cnc31)[nH]c(=O)c1nnc(C3=CC=C3)n12. The number of amides is 1. The van der Waals surface area contributed by atoms with Gasteiger partial charge in [0.1, 0.15) is 5.82 Å². The Morgan fingerprint density at radius 3 is 2.84 bits per heavy atom. The minimum atomic E-state index is -0.346. The lowest BCUT2D eigenvalue weighted by molar-refractivity contribution is 0.0988. The summed E-state index contributed by atoms with van der Waals surface area (Å²) in [6, 6.07) is 5.72. The van der Waals surface area contributed by atoms with Crippen molar-refractivity contribution in [2.24, 2.45) is 0 Å². The molecule has 1 aliphatic carbocycles. The lowest BCUT2D eigenvalue weighted by Gasteiger charge is -2.19. The minimum Gasteiger partial charge on any atom is -0.317 e. The van der Waals surface area contributed by atoms with E-state index >= 15 is 0 Å². The number of hydrogen-bond donors (Lipinski definition) is 1. The molecule has 32 heavy (non-hydrogen) atoms. The first-order chi connectivity index (χ1) is 15.5. The predicted octanol–water partition coefficient (Wildman–Crippen LogP) is 3.45. The van der Waals surface area contributed by atoms with Gasteiger partial charge in [0, 0.05) is 28.4 Å². The summed E-state index contributed by atoms with van der Waals surface area (Å²) < 4.78 is 2.66. The number of benzene rings is 1. The number of hydrogen-bond acceptors (Lipinski definition) is 5. The minimum absolute atomic E-state index is 0.119. The molecule has 1 aliphatic heterocycles. The Kier molecular flexibility index (Phi) is 4.16. The molecule has 0 atom stereocenters. The fraction of sp³-hybridized carbons (Fsp3) is 0.174. The number of pyridine rings is 1. The Balaban J connectivity index is 1.54. The van der Waals surface area contributed by atoms with Gasteiger partial charge in [-0.15, -0.1) is 10.2 Å². The number of allylic oxidation sites excluding steroid dienone is 4. The topological polar surface area (TPSA) is 96.2 Å². The van der Waals surface area contributed by atoms with Gasteiger partial charge in [-0.1, -0.05) is 25.2 Å². The van der Waals surface area contributed by atoms with Crippen LogP contribution in [0.4, 0.5) is 5.82 Å². The largest absolute Gasteiger partial charge is 0.317 e. The van der Waals surface area contributed by atoms with E-state index in [1.165, 1.54) is 0 Å². The summed E-state index contributed by atoms with van der Waals surface area (Å²) in [4.78, 5) is 35.3. The zero-order valence-corrected chi connectivity index (χ0v) is 18.7. The standard InChI is InChI=1S/C23H17BrN6O2/c1-2-12-9-18-17(26-22(31)21-28-27-20(30(18)21)13-4-3-5-13)10-16(12)23(32)29-7-6-14-8-15(24)11-25-19(14)29/h3-5,8-11H,2,6-7H2,1H3,(H,26,31). The highest BCUT2D eigenvalue weighted by molar-refractivity contribution is 9.10. The van der Waals surface area contributed by atoms with Crippen LogP contribution in [-0.4, -0.2) is 37.0 Å². The van der Waals surface area contributed by atoms with E-state index in [0.29, 0.717) is 35.7 Å². The molecule has 0 saturated carbocycles. The molecule has 0 fully saturated rings. The molecule has 1 aromatic carbocycles. The van der Waals surface area contributed by atoms with Gasteiger partial charge in [-0.25, -0.2) is 4.98 Å². The highest BCUT2D eigenvalue weighted by Crippen LogP contribution is 2.31. The molecule has 1 N–H and O–H groups in total. The van der Waals surface area contributed by atoms with Crippen molar-refractivity contribution in [3.05, 3.63) is 80.0 Å². The average Bonchev–Trinajstić information content (AvgIpc) is 3.36. The number of aromatic nitrogens is 5. The molecule has 1 amide bonds. The van der Waals surface area contributed by atoms with Crippen molar-refractivity contribution in [1.82, 2.24) is 24.6 Å². The molecule has 4 heterocycles. The first-order valence-corrected chi connectivity index (χ1v) is 11.1. The van der Waals surface area contributed by atoms with Crippen molar-refractivity contribution in [2.75, 3.05) is 11.4 Å². The van der Waals surface area contributed by atoms with Gasteiger partial charge in [0.15, 0.2) is 5.82 Å². The van der Waals surface area contributed by atoms with E-state index in [1.54, 1.807) is 21.6 Å². The molecule has 0 spiro atoms. The van der Waals surface area contributed by atoms with Crippen LogP contribution >= 0.6 is 15.9 Å². The first-order valence-electron chi connectivity index (χ1n) is 10.3. The molecule has 0 saturated heterocycles. The normalized spacial score (nSPS) is 14.7. The van der Waals surface area contributed by atoms with E-state index in [2.05, 4.69) is 36.1 Å². The van der Waals surface area contributed by atoms with Crippen molar-refractivity contribution < 1.29 is 4.79 Å². The van der Waals surface area contributed by atoms with E-state index < -0.39 is 0 Å². The van der Waals surface area contributed by atoms with Crippen LogP contribution < -0.4 is 10.5 Å². The molecule has 4 aromatic rings. The maximum atomic E-state index is 13.6. The zero-order chi connectivity index (χ0) is 22.0. The molecule has 2 aliphatic rings. The fourth-order valence-electron chi connectivity index (χ4n) is 4.36. The van der Waals surface area contributed by atoms with Gasteiger partial charge in [-0.05, 0) is 58.1 Å². The van der Waals surface area contributed by atoms with Crippen LogP contribution in [0.25, 0.3) is 22.3 Å². The molecule has 0 bridgehead atoms. The summed E-state index contributed by atoms with van der Waals surface area (Å²) in [6.07, 6.45) is 8.90. The number of halogens is 1. The van der Waals surface area contributed by atoms with Crippen LogP contribution in [0.5, 0.6) is 0 Å². The molecular formula is C23H17BrN6O2. The number of H-pyrrole nitrogens is 1. The fourth-order valence-corrected chi connectivity index (χ4v) is 4.74. The molecule has 6 rings (SSSR count). The Bertz CT molecular complexity index is 1580. The van der Waals surface area contributed by atoms with Crippen LogP contribution in [0.1, 0.15) is 34.2 Å². The van der Waals surface area contributed by atoms with Gasteiger partial charge in [-0.2, -0.15) is 0 Å². The summed E-state index contributed by atoms with van der Waals surface area (Å²) in [6.45, 7) is 2.59. The summed E-state index contributed by atoms with van der Waals surface area (Å²) in [5, 5.41) is 8.31. The molecule has 0 unspecified atom stereocenters. The lowest BCUT2D eigenvalue weighted by Crippen LogP contribution is -2.30. The Morgan fingerprint density at radius 1 is 1.25 bits per heavy atom. The molecule has 158 valence electrons. The molecule has 8 nitrogen and oxygen atoms in total. The maximum absolute atomic E-state index is 13.6. The number of rotatable bonds is 3.